The standard InChI is InChI=1S/C19H28N4O2.ClH/c1-14-5-3-6-15(2)18(14)21-17(24)13-22-9-11-23(12-10-22)19(25)16-7-4-8-20-16;/h3,5-6,16,20H,4,7-13H2,1-2H3,(H,21,24);1H. The highest BCUT2D eigenvalue weighted by atomic mass is 35.5. The first-order valence-electron chi connectivity index (χ1n) is 9.15. The van der Waals surface area contributed by atoms with Crippen LogP contribution in [0.5, 0.6) is 0 Å². The normalized spacial score (nSPS) is 20.5. The second-order valence-corrected chi connectivity index (χ2v) is 7.07. The number of carbonyl (C=O) groups excluding carboxylic acids is 2. The van der Waals surface area contributed by atoms with Gasteiger partial charge in [-0.25, -0.2) is 0 Å². The van der Waals surface area contributed by atoms with Crippen LogP contribution in [-0.2, 0) is 9.59 Å². The van der Waals surface area contributed by atoms with Crippen LogP contribution in [0.4, 0.5) is 5.69 Å². The monoisotopic (exact) mass is 380 g/mol. The molecule has 26 heavy (non-hydrogen) atoms. The lowest BCUT2D eigenvalue weighted by molar-refractivity contribution is -0.135. The molecular weight excluding hydrogens is 352 g/mol. The van der Waals surface area contributed by atoms with E-state index >= 15 is 0 Å². The summed E-state index contributed by atoms with van der Waals surface area (Å²) in [6, 6.07) is 6.00. The molecule has 1 atom stereocenters. The first-order chi connectivity index (χ1) is 12.0. The van der Waals surface area contributed by atoms with Crippen molar-refractivity contribution in [3.05, 3.63) is 29.3 Å². The molecule has 2 aliphatic rings. The molecule has 2 heterocycles. The Morgan fingerprint density at radius 3 is 2.38 bits per heavy atom. The molecule has 3 rings (SSSR count). The van der Waals surface area contributed by atoms with Gasteiger partial charge < -0.3 is 15.5 Å². The van der Waals surface area contributed by atoms with Crippen LogP contribution < -0.4 is 10.6 Å². The smallest absolute Gasteiger partial charge is 0.239 e. The number of halogens is 1. The minimum absolute atomic E-state index is 0. The van der Waals surface area contributed by atoms with Gasteiger partial charge in [0.05, 0.1) is 12.6 Å². The van der Waals surface area contributed by atoms with Crippen molar-refractivity contribution in [2.24, 2.45) is 0 Å². The minimum atomic E-state index is -0.00104. The van der Waals surface area contributed by atoms with Crippen molar-refractivity contribution in [3.63, 3.8) is 0 Å². The average Bonchev–Trinajstić information content (AvgIpc) is 3.13. The highest BCUT2D eigenvalue weighted by molar-refractivity contribution is 5.93. The number of para-hydroxylation sites is 1. The van der Waals surface area contributed by atoms with Crippen LogP contribution >= 0.6 is 12.4 Å². The van der Waals surface area contributed by atoms with Crippen molar-refractivity contribution in [3.8, 4) is 0 Å². The van der Waals surface area contributed by atoms with E-state index in [9.17, 15) is 9.59 Å². The molecule has 0 spiro atoms. The predicted molar refractivity (Wildman–Crippen MR) is 106 cm³/mol. The number of hydrogen-bond donors (Lipinski definition) is 2. The van der Waals surface area contributed by atoms with Crippen LogP contribution in [-0.4, -0.2) is 66.9 Å². The number of aryl methyl sites for hydroxylation is 2. The molecule has 2 saturated heterocycles. The van der Waals surface area contributed by atoms with Gasteiger partial charge in [0, 0.05) is 31.9 Å². The topological polar surface area (TPSA) is 64.7 Å². The summed E-state index contributed by atoms with van der Waals surface area (Å²) < 4.78 is 0. The Morgan fingerprint density at radius 1 is 1.15 bits per heavy atom. The summed E-state index contributed by atoms with van der Waals surface area (Å²) in [5, 5.41) is 6.30. The Kier molecular flexibility index (Phi) is 7.43. The van der Waals surface area contributed by atoms with Crippen molar-refractivity contribution in [1.29, 1.82) is 0 Å². The van der Waals surface area contributed by atoms with Gasteiger partial charge in [-0.3, -0.25) is 14.5 Å². The number of anilines is 1. The molecular formula is C19H29ClN4O2. The van der Waals surface area contributed by atoms with Crippen LogP contribution in [0.3, 0.4) is 0 Å². The molecule has 2 amide bonds. The number of benzene rings is 1. The number of hydrogen-bond acceptors (Lipinski definition) is 4. The summed E-state index contributed by atoms with van der Waals surface area (Å²) in [5.41, 5.74) is 3.06. The lowest BCUT2D eigenvalue weighted by Crippen LogP contribution is -2.54. The molecule has 0 bridgehead atoms. The van der Waals surface area contributed by atoms with Crippen LogP contribution in [0, 0.1) is 13.8 Å². The second-order valence-electron chi connectivity index (χ2n) is 7.07. The fourth-order valence-corrected chi connectivity index (χ4v) is 3.64. The zero-order chi connectivity index (χ0) is 17.8. The highest BCUT2D eigenvalue weighted by Gasteiger charge is 2.29. The molecule has 2 N–H and O–H groups in total. The van der Waals surface area contributed by atoms with Crippen LogP contribution in [0.1, 0.15) is 24.0 Å². The molecule has 0 radical (unpaired) electrons. The molecule has 0 aliphatic carbocycles. The Hall–Kier alpha value is -1.63. The van der Waals surface area contributed by atoms with Gasteiger partial charge in [0.15, 0.2) is 0 Å². The zero-order valence-electron chi connectivity index (χ0n) is 15.6. The van der Waals surface area contributed by atoms with E-state index in [0.717, 1.165) is 49.3 Å². The molecule has 2 fully saturated rings. The summed E-state index contributed by atoms with van der Waals surface area (Å²) in [7, 11) is 0. The SMILES string of the molecule is Cc1cccc(C)c1NC(=O)CN1CCN(C(=O)C2CCCN2)CC1.Cl. The summed E-state index contributed by atoms with van der Waals surface area (Å²) in [4.78, 5) is 28.8. The number of nitrogens with zero attached hydrogens (tertiary/aromatic N) is 2. The van der Waals surface area contributed by atoms with Crippen molar-refractivity contribution in [1.82, 2.24) is 15.1 Å². The van der Waals surface area contributed by atoms with E-state index < -0.39 is 0 Å². The van der Waals surface area contributed by atoms with Crippen LogP contribution in [0.2, 0.25) is 0 Å². The molecule has 2 aliphatic heterocycles. The largest absolute Gasteiger partial charge is 0.339 e. The molecule has 6 nitrogen and oxygen atoms in total. The number of rotatable bonds is 4. The van der Waals surface area contributed by atoms with Gasteiger partial charge in [-0.1, -0.05) is 18.2 Å². The predicted octanol–water partition coefficient (Wildman–Crippen LogP) is 1.56. The first kappa shape index (κ1) is 20.7. The molecule has 1 unspecified atom stereocenters. The summed E-state index contributed by atoms with van der Waals surface area (Å²) >= 11 is 0. The fraction of sp³-hybridized carbons (Fsp3) is 0.579. The molecule has 1 aromatic carbocycles. The summed E-state index contributed by atoms with van der Waals surface area (Å²) in [5.74, 6) is 0.228. The Labute approximate surface area is 161 Å². The molecule has 0 saturated carbocycles. The number of piperazine rings is 1. The zero-order valence-corrected chi connectivity index (χ0v) is 16.4. The van der Waals surface area contributed by atoms with Crippen LogP contribution in [0.15, 0.2) is 18.2 Å². The Balaban J connectivity index is 0.00000243. The van der Waals surface area contributed by atoms with Gasteiger partial charge in [-0.05, 0) is 44.4 Å². The fourth-order valence-electron chi connectivity index (χ4n) is 3.64. The maximum Gasteiger partial charge on any atom is 0.239 e. The number of nitrogens with one attached hydrogen (secondary N) is 2. The maximum absolute atomic E-state index is 12.4. The Bertz CT molecular complexity index is 618. The van der Waals surface area contributed by atoms with E-state index in [0.29, 0.717) is 19.6 Å². The summed E-state index contributed by atoms with van der Waals surface area (Å²) in [6.45, 7) is 8.22. The summed E-state index contributed by atoms with van der Waals surface area (Å²) in [6.07, 6.45) is 2.02. The molecule has 0 aromatic heterocycles. The van der Waals surface area contributed by atoms with E-state index in [1.165, 1.54) is 0 Å². The van der Waals surface area contributed by atoms with E-state index in [-0.39, 0.29) is 30.3 Å². The van der Waals surface area contributed by atoms with Crippen molar-refractivity contribution in [2.45, 2.75) is 32.7 Å². The molecule has 1 aromatic rings. The van der Waals surface area contributed by atoms with E-state index in [1.54, 1.807) is 0 Å². The van der Waals surface area contributed by atoms with E-state index in [2.05, 4.69) is 15.5 Å². The second kappa shape index (κ2) is 9.35. The van der Waals surface area contributed by atoms with Crippen molar-refractivity contribution < 1.29 is 9.59 Å². The number of carbonyl (C=O) groups is 2. The number of amides is 2. The molecule has 7 heteroatoms. The third-order valence-corrected chi connectivity index (χ3v) is 5.16. The van der Waals surface area contributed by atoms with Gasteiger partial charge in [-0.2, -0.15) is 0 Å². The van der Waals surface area contributed by atoms with Crippen LogP contribution in [0.25, 0.3) is 0 Å². The van der Waals surface area contributed by atoms with Gasteiger partial charge in [-0.15, -0.1) is 12.4 Å². The first-order valence-corrected chi connectivity index (χ1v) is 9.15. The lowest BCUT2D eigenvalue weighted by atomic mass is 10.1. The minimum Gasteiger partial charge on any atom is -0.339 e. The van der Waals surface area contributed by atoms with Gasteiger partial charge in [0.2, 0.25) is 11.8 Å². The van der Waals surface area contributed by atoms with Gasteiger partial charge >= 0.3 is 0 Å². The van der Waals surface area contributed by atoms with Gasteiger partial charge in [0.25, 0.3) is 0 Å². The van der Waals surface area contributed by atoms with E-state index in [4.69, 9.17) is 0 Å². The Morgan fingerprint density at radius 2 is 1.81 bits per heavy atom. The van der Waals surface area contributed by atoms with E-state index in [1.807, 2.05) is 36.9 Å². The third kappa shape index (κ3) is 4.96. The van der Waals surface area contributed by atoms with Gasteiger partial charge in [0.1, 0.15) is 0 Å². The molecule has 144 valence electrons. The van der Waals surface area contributed by atoms with Crippen molar-refractivity contribution >= 4 is 29.9 Å². The maximum atomic E-state index is 12.4. The third-order valence-electron chi connectivity index (χ3n) is 5.16. The van der Waals surface area contributed by atoms with Crippen molar-refractivity contribution in [2.75, 3.05) is 44.6 Å². The lowest BCUT2D eigenvalue weighted by Gasteiger charge is -2.35. The quantitative estimate of drug-likeness (QED) is 0.832. The highest BCUT2D eigenvalue weighted by Crippen LogP contribution is 2.19. The average molecular weight is 381 g/mol.